The van der Waals surface area contributed by atoms with Crippen LogP contribution in [-0.2, 0) is 20.7 Å². The fourth-order valence-electron chi connectivity index (χ4n) is 5.95. The summed E-state index contributed by atoms with van der Waals surface area (Å²) in [7, 11) is 7.93. The molecule has 0 aliphatic heterocycles. The molecule has 0 fully saturated rings. The Morgan fingerprint density at radius 2 is 1.78 bits per heavy atom. The van der Waals surface area contributed by atoms with E-state index in [2.05, 4.69) is 0 Å². The number of carbonyl (C=O) groups is 4. The number of benzene rings is 1. The molecule has 1 aromatic carbocycles. The highest BCUT2D eigenvalue weighted by Gasteiger charge is 2.63. The van der Waals surface area contributed by atoms with E-state index in [1.54, 1.807) is 39.2 Å². The average molecular weight is 500 g/mol. The smallest absolute Gasteiger partial charge is 0.338 e. The molecular weight excluding hydrogens is 470 g/mol. The lowest BCUT2D eigenvalue weighted by Crippen LogP contribution is -2.63. The SMILES string of the molecule is COC(=O)c1ccc(N(C)C)c2c1C(=O)C1=C(O)[C@]3(O)C(=O)C(C(N)=O)=C(O)[C@@H](N(C)C)[C@@H]3C[C@@H]1C2. The van der Waals surface area contributed by atoms with Crippen molar-refractivity contribution in [2.45, 2.75) is 24.5 Å². The van der Waals surface area contributed by atoms with Crippen molar-refractivity contribution in [3.8, 4) is 0 Å². The Morgan fingerprint density at radius 1 is 1.14 bits per heavy atom. The Kier molecular flexibility index (Phi) is 5.96. The summed E-state index contributed by atoms with van der Waals surface area (Å²) < 4.78 is 4.85. The number of rotatable bonds is 4. The zero-order chi connectivity index (χ0) is 26.9. The molecule has 0 heterocycles. The summed E-state index contributed by atoms with van der Waals surface area (Å²) in [5.74, 6) is -7.21. The number of fused-ring (bicyclic) bond motifs is 3. The summed E-state index contributed by atoms with van der Waals surface area (Å²) >= 11 is 0. The maximum Gasteiger partial charge on any atom is 0.338 e. The number of methoxy groups -OCH3 is 1. The molecule has 4 rings (SSSR count). The number of nitrogens with zero attached hydrogens (tertiary/aromatic N) is 2. The zero-order valence-electron chi connectivity index (χ0n) is 20.7. The minimum Gasteiger partial charge on any atom is -0.510 e. The highest BCUT2D eigenvalue weighted by Crippen LogP contribution is 2.52. The van der Waals surface area contributed by atoms with E-state index in [1.165, 1.54) is 18.1 Å². The van der Waals surface area contributed by atoms with Crippen LogP contribution in [0, 0.1) is 11.8 Å². The highest BCUT2D eigenvalue weighted by molar-refractivity contribution is 6.25. The van der Waals surface area contributed by atoms with Gasteiger partial charge in [-0.3, -0.25) is 19.3 Å². The number of aliphatic hydroxyl groups is 3. The molecule has 11 nitrogen and oxygen atoms in total. The Morgan fingerprint density at radius 3 is 2.31 bits per heavy atom. The van der Waals surface area contributed by atoms with Crippen molar-refractivity contribution in [3.63, 3.8) is 0 Å². The number of esters is 1. The van der Waals surface area contributed by atoms with Gasteiger partial charge in [-0.15, -0.1) is 0 Å². The number of ketones is 2. The molecule has 0 bridgehead atoms. The van der Waals surface area contributed by atoms with Crippen molar-refractivity contribution in [3.05, 3.63) is 51.5 Å². The third-order valence-corrected chi connectivity index (χ3v) is 7.49. The van der Waals surface area contributed by atoms with Gasteiger partial charge in [0.25, 0.3) is 5.91 Å². The third-order valence-electron chi connectivity index (χ3n) is 7.49. The molecule has 0 aromatic heterocycles. The van der Waals surface area contributed by atoms with E-state index in [0.29, 0.717) is 11.3 Å². The minimum atomic E-state index is -2.67. The van der Waals surface area contributed by atoms with E-state index in [0.717, 1.165) is 0 Å². The maximum atomic E-state index is 13.9. The number of carbonyl (C=O) groups excluding carboxylic acids is 4. The van der Waals surface area contributed by atoms with Crippen LogP contribution < -0.4 is 10.6 Å². The van der Waals surface area contributed by atoms with Crippen LogP contribution in [0.1, 0.15) is 32.7 Å². The Labute approximate surface area is 207 Å². The van der Waals surface area contributed by atoms with Crippen LogP contribution in [0.2, 0.25) is 0 Å². The highest BCUT2D eigenvalue weighted by atomic mass is 16.5. The predicted octanol–water partition coefficient (Wildman–Crippen LogP) is 0.268. The van der Waals surface area contributed by atoms with Crippen LogP contribution in [0.25, 0.3) is 0 Å². The lowest BCUT2D eigenvalue weighted by Gasteiger charge is -2.50. The summed E-state index contributed by atoms with van der Waals surface area (Å²) in [5, 5.41) is 33.8. The second kappa shape index (κ2) is 8.45. The lowest BCUT2D eigenvalue weighted by atomic mass is 9.58. The van der Waals surface area contributed by atoms with Crippen LogP contribution in [0.3, 0.4) is 0 Å². The molecule has 5 N–H and O–H groups in total. The van der Waals surface area contributed by atoms with Gasteiger partial charge < -0.3 is 30.7 Å². The number of primary amides is 1. The Balaban J connectivity index is 2.00. The van der Waals surface area contributed by atoms with Crippen molar-refractivity contribution in [2.75, 3.05) is 40.2 Å². The molecule has 0 unspecified atom stereocenters. The molecular formula is C25H29N3O8. The van der Waals surface area contributed by atoms with Crippen molar-refractivity contribution >= 4 is 29.1 Å². The monoisotopic (exact) mass is 499 g/mol. The number of likely N-dealkylation sites (N-methyl/N-ethyl adjacent to an activating group) is 1. The number of aliphatic hydroxyl groups excluding tert-OH is 2. The van der Waals surface area contributed by atoms with Crippen LogP contribution in [0.5, 0.6) is 0 Å². The van der Waals surface area contributed by atoms with Gasteiger partial charge in [0.1, 0.15) is 17.1 Å². The van der Waals surface area contributed by atoms with E-state index in [9.17, 15) is 34.5 Å². The van der Waals surface area contributed by atoms with Gasteiger partial charge in [0.2, 0.25) is 5.78 Å². The van der Waals surface area contributed by atoms with Crippen molar-refractivity contribution in [1.29, 1.82) is 0 Å². The Hall–Kier alpha value is -3.70. The second-order valence-electron chi connectivity index (χ2n) is 9.83. The number of allylic oxidation sites excluding steroid dienone is 1. The third kappa shape index (κ3) is 3.26. The molecule has 0 saturated carbocycles. The molecule has 0 radical (unpaired) electrons. The topological polar surface area (TPSA) is 171 Å². The molecule has 11 heteroatoms. The number of nitrogens with two attached hydrogens (primary N) is 1. The number of hydrogen-bond donors (Lipinski definition) is 4. The molecule has 0 spiro atoms. The quantitative estimate of drug-likeness (QED) is 0.333. The van der Waals surface area contributed by atoms with Crippen molar-refractivity contribution in [1.82, 2.24) is 4.90 Å². The summed E-state index contributed by atoms with van der Waals surface area (Å²) in [5.41, 5.74) is 2.91. The fraction of sp³-hybridized carbons (Fsp3) is 0.440. The fourth-order valence-corrected chi connectivity index (χ4v) is 5.95. The molecule has 3 aliphatic carbocycles. The molecule has 0 saturated heterocycles. The van der Waals surface area contributed by atoms with Crippen LogP contribution >= 0.6 is 0 Å². The molecule has 192 valence electrons. The summed E-state index contributed by atoms with van der Waals surface area (Å²) in [6.07, 6.45) is 0.244. The van der Waals surface area contributed by atoms with E-state index in [1.807, 2.05) is 0 Å². The first-order chi connectivity index (χ1) is 16.8. The number of amides is 1. The van der Waals surface area contributed by atoms with Crippen LogP contribution in [0.4, 0.5) is 5.69 Å². The van der Waals surface area contributed by atoms with Gasteiger partial charge in [0.05, 0.1) is 18.7 Å². The Bertz CT molecular complexity index is 1280. The van der Waals surface area contributed by atoms with E-state index >= 15 is 0 Å². The lowest BCUT2D eigenvalue weighted by molar-refractivity contribution is -0.148. The van der Waals surface area contributed by atoms with E-state index in [-0.39, 0.29) is 29.5 Å². The van der Waals surface area contributed by atoms with Gasteiger partial charge in [-0.1, -0.05) is 0 Å². The normalized spacial score (nSPS) is 27.5. The van der Waals surface area contributed by atoms with Gasteiger partial charge in [-0.25, -0.2) is 4.79 Å². The van der Waals surface area contributed by atoms with Gasteiger partial charge in [-0.2, -0.15) is 0 Å². The molecule has 36 heavy (non-hydrogen) atoms. The number of hydrogen-bond acceptors (Lipinski definition) is 10. The van der Waals surface area contributed by atoms with E-state index < -0.39 is 64.0 Å². The van der Waals surface area contributed by atoms with Crippen molar-refractivity contribution < 1.29 is 39.2 Å². The van der Waals surface area contributed by atoms with Crippen LogP contribution in [-0.4, -0.2) is 90.6 Å². The summed E-state index contributed by atoms with van der Waals surface area (Å²) in [4.78, 5) is 55.1. The summed E-state index contributed by atoms with van der Waals surface area (Å²) in [6.45, 7) is 0. The molecule has 1 aromatic rings. The first-order valence-electron chi connectivity index (χ1n) is 11.3. The molecule has 4 atom stereocenters. The standard InChI is InChI=1S/C25H29N3O8/c1-27(2)14-7-6-11(24(34)36-5)16-12(14)8-10-9-13-18(28(3)4)20(30)17(23(26)33)22(32)25(13,35)21(31)15(10)19(16)29/h6-7,10,13,18,30-31,35H,8-9H2,1-5H3,(H2,26,33)/t10-,13-,18-,25-/m0/s1. The van der Waals surface area contributed by atoms with Gasteiger partial charge >= 0.3 is 5.97 Å². The maximum absolute atomic E-state index is 13.9. The zero-order valence-corrected chi connectivity index (χ0v) is 20.7. The predicted molar refractivity (Wildman–Crippen MR) is 128 cm³/mol. The first kappa shape index (κ1) is 25.4. The van der Waals surface area contributed by atoms with Gasteiger partial charge in [0.15, 0.2) is 11.4 Å². The minimum absolute atomic E-state index is 0.00697. The largest absolute Gasteiger partial charge is 0.510 e. The van der Waals surface area contributed by atoms with Crippen LogP contribution in [0.15, 0.2) is 34.8 Å². The van der Waals surface area contributed by atoms with Crippen molar-refractivity contribution in [2.24, 2.45) is 17.6 Å². The molecule has 3 aliphatic rings. The number of ether oxygens (including phenoxy) is 1. The number of Topliss-reactive ketones (excluding diaryl/α,β-unsaturated/α-hetero) is 2. The second-order valence-corrected chi connectivity index (χ2v) is 9.83. The number of anilines is 1. The summed E-state index contributed by atoms with van der Waals surface area (Å²) in [6, 6.07) is 2.12. The average Bonchev–Trinajstić information content (AvgIpc) is 2.79. The molecule has 1 amide bonds. The first-order valence-corrected chi connectivity index (χ1v) is 11.3. The van der Waals surface area contributed by atoms with Gasteiger partial charge in [-0.05, 0) is 50.6 Å². The van der Waals surface area contributed by atoms with E-state index in [4.69, 9.17) is 10.5 Å². The van der Waals surface area contributed by atoms with Gasteiger partial charge in [0, 0.05) is 36.8 Å².